The average Bonchev–Trinajstić information content (AvgIpc) is 3.06. The molecule has 0 amide bonds. The molecule has 0 aliphatic rings. The molecule has 12 heteroatoms. The maximum absolute atomic E-state index is 10.3. The third kappa shape index (κ3) is 63.4. The van der Waals surface area contributed by atoms with Gasteiger partial charge in [0.1, 0.15) is 0 Å². The van der Waals surface area contributed by atoms with Crippen LogP contribution in [0.3, 0.4) is 0 Å². The average molecular weight is 777 g/mol. The minimum absolute atomic E-state index is 0.0245. The fourth-order valence-electron chi connectivity index (χ4n) is 3.82. The molecule has 0 atom stereocenters. The highest BCUT2D eigenvalue weighted by Gasteiger charge is 2.26. The molecule has 0 aliphatic carbocycles. The molecule has 0 heterocycles. The van der Waals surface area contributed by atoms with Crippen LogP contribution in [0.25, 0.3) is 0 Å². The van der Waals surface area contributed by atoms with Crippen molar-refractivity contribution in [2.75, 3.05) is 26.4 Å². The summed E-state index contributed by atoms with van der Waals surface area (Å²) in [6.07, 6.45) is 26.6. The van der Waals surface area contributed by atoms with Crippen molar-refractivity contribution < 1.29 is 39.6 Å². The zero-order chi connectivity index (χ0) is 38.6. The van der Waals surface area contributed by atoms with Gasteiger partial charge in [-0.1, -0.05) is 130 Å². The highest BCUT2D eigenvalue weighted by molar-refractivity contribution is 7.97. The van der Waals surface area contributed by atoms with Crippen LogP contribution in [-0.2, 0) is 19.2 Å². The lowest BCUT2D eigenvalue weighted by atomic mass is 9.93. The highest BCUT2D eigenvalue weighted by atomic mass is 32.1. The van der Waals surface area contributed by atoms with Gasteiger partial charge in [-0.05, 0) is 25.7 Å². The van der Waals surface area contributed by atoms with Crippen molar-refractivity contribution in [1.29, 1.82) is 0 Å². The summed E-state index contributed by atoms with van der Waals surface area (Å²) in [5.74, 6) is 0. The Balaban J connectivity index is -0.000000165. The predicted molar refractivity (Wildman–Crippen MR) is 220 cm³/mol. The second-order valence-electron chi connectivity index (χ2n) is 12.4. The summed E-state index contributed by atoms with van der Waals surface area (Å²) in [6.45, 7) is 7.11. The Morgan fingerprint density at radius 2 is 0.510 bits per heavy atom. The van der Waals surface area contributed by atoms with Gasteiger partial charge >= 0.3 is 0 Å². The zero-order valence-corrected chi connectivity index (χ0v) is 35.1. The Morgan fingerprint density at radius 1 is 0.347 bits per heavy atom. The first-order valence-electron chi connectivity index (χ1n) is 18.6. The van der Waals surface area contributed by atoms with Gasteiger partial charge in [-0.15, -0.1) is 50.5 Å². The lowest BCUT2D eigenvalue weighted by Gasteiger charge is -2.23. The van der Waals surface area contributed by atoms with Crippen molar-refractivity contribution in [3.8, 4) is 0 Å². The minimum atomic E-state index is -1.11. The summed E-state index contributed by atoms with van der Waals surface area (Å²) in [4.78, 5) is 41.4. The van der Waals surface area contributed by atoms with Crippen LogP contribution in [0.4, 0.5) is 0 Å². The largest absolute Gasteiger partial charge is 0.396 e. The number of aliphatic hydroxyl groups is 4. The molecule has 0 saturated carbocycles. The number of carbonyl (C=O) groups excluding carboxylic acids is 4. The third-order valence-electron chi connectivity index (χ3n) is 7.32. The van der Waals surface area contributed by atoms with E-state index < -0.39 is 31.8 Å². The van der Waals surface area contributed by atoms with E-state index in [0.717, 1.165) is 25.7 Å². The second-order valence-corrected chi connectivity index (χ2v) is 14.4. The Morgan fingerprint density at radius 3 is 0.612 bits per heavy atom. The van der Waals surface area contributed by atoms with E-state index in [9.17, 15) is 19.2 Å². The SMILES string of the molecule is CCCCCCCC(=O)S.CCCCCCCC(=O)S.CCCCCCCC(=O)S.CCCCCCCC(=O)S.OCC(CO)(CO)CO. The van der Waals surface area contributed by atoms with Gasteiger partial charge in [0.2, 0.25) is 0 Å². The Bertz CT molecular complexity index is 594. The van der Waals surface area contributed by atoms with E-state index in [2.05, 4.69) is 78.2 Å². The van der Waals surface area contributed by atoms with E-state index >= 15 is 0 Å². The van der Waals surface area contributed by atoms with Crippen LogP contribution in [0.1, 0.15) is 182 Å². The van der Waals surface area contributed by atoms with Gasteiger partial charge in [0.15, 0.2) is 20.5 Å². The first kappa shape index (κ1) is 58.2. The summed E-state index contributed by atoms with van der Waals surface area (Å²) in [5, 5.41) is 34.1. The van der Waals surface area contributed by atoms with Crippen molar-refractivity contribution in [2.24, 2.45) is 5.41 Å². The fraction of sp³-hybridized carbons (Fsp3) is 0.892. The molecule has 4 N–H and O–H groups in total. The van der Waals surface area contributed by atoms with Gasteiger partial charge in [0.25, 0.3) is 0 Å². The summed E-state index contributed by atoms with van der Waals surface area (Å²) in [6, 6.07) is 0. The topological polar surface area (TPSA) is 149 Å². The normalized spacial score (nSPS) is 10.2. The monoisotopic (exact) mass is 776 g/mol. The number of hydrogen-bond acceptors (Lipinski definition) is 8. The molecular formula is C37H76O8S4. The lowest BCUT2D eigenvalue weighted by Crippen LogP contribution is -2.37. The first-order chi connectivity index (χ1) is 23.3. The van der Waals surface area contributed by atoms with Crippen molar-refractivity contribution >= 4 is 71.0 Å². The molecule has 0 fully saturated rings. The molecule has 0 saturated heterocycles. The predicted octanol–water partition coefficient (Wildman–Crippen LogP) is 9.16. The van der Waals surface area contributed by atoms with Gasteiger partial charge in [-0.2, -0.15) is 0 Å². The maximum Gasteiger partial charge on any atom is 0.185 e. The molecule has 0 aromatic carbocycles. The van der Waals surface area contributed by atoms with Gasteiger partial charge < -0.3 is 20.4 Å². The molecule has 0 unspecified atom stereocenters. The molecule has 0 radical (unpaired) electrons. The van der Waals surface area contributed by atoms with Crippen molar-refractivity contribution in [1.82, 2.24) is 0 Å². The van der Waals surface area contributed by atoms with Crippen LogP contribution >= 0.6 is 50.5 Å². The Hall–Kier alpha value is -0.0800. The van der Waals surface area contributed by atoms with Crippen LogP contribution in [0.15, 0.2) is 0 Å². The van der Waals surface area contributed by atoms with E-state index in [0.29, 0.717) is 25.7 Å². The lowest BCUT2D eigenvalue weighted by molar-refractivity contribution is -0.111. The van der Waals surface area contributed by atoms with Gasteiger partial charge in [-0.25, -0.2) is 0 Å². The summed E-state index contributed by atoms with van der Waals surface area (Å²) >= 11 is 14.7. The van der Waals surface area contributed by atoms with Crippen LogP contribution in [0.2, 0.25) is 0 Å². The van der Waals surface area contributed by atoms with Gasteiger partial charge in [0.05, 0.1) is 31.8 Å². The van der Waals surface area contributed by atoms with E-state index in [1.807, 2.05) is 0 Å². The standard InChI is InChI=1S/4C8H16OS.C5H12O4/c4*1-2-3-4-5-6-7-8(9)10;6-1-5(2-7,3-8)4-9/h4*2-7H2,1H3,(H,9,10);6-9H,1-4H2. The molecule has 0 spiro atoms. The fourth-order valence-corrected chi connectivity index (χ4v) is 4.45. The van der Waals surface area contributed by atoms with Crippen LogP contribution in [-0.4, -0.2) is 67.3 Å². The number of unbranched alkanes of at least 4 members (excludes halogenated alkanes) is 16. The smallest absolute Gasteiger partial charge is 0.185 e. The van der Waals surface area contributed by atoms with E-state index in [1.54, 1.807) is 0 Å². The molecule has 0 aromatic heterocycles. The molecule has 0 rings (SSSR count). The first-order valence-corrected chi connectivity index (χ1v) is 20.4. The molecular weight excluding hydrogens is 701 g/mol. The number of rotatable bonds is 28. The third-order valence-corrected chi connectivity index (χ3v) is 8.21. The second kappa shape index (κ2) is 50.0. The van der Waals surface area contributed by atoms with Crippen molar-refractivity contribution in [3.63, 3.8) is 0 Å². The molecule has 49 heavy (non-hydrogen) atoms. The number of carbonyl (C=O) groups is 4. The summed E-state index contributed by atoms with van der Waals surface area (Å²) < 4.78 is 0. The number of thiol groups is 4. The van der Waals surface area contributed by atoms with Crippen LogP contribution in [0.5, 0.6) is 0 Å². The van der Waals surface area contributed by atoms with E-state index in [4.69, 9.17) is 20.4 Å². The van der Waals surface area contributed by atoms with Crippen molar-refractivity contribution in [3.05, 3.63) is 0 Å². The highest BCUT2D eigenvalue weighted by Crippen LogP contribution is 2.12. The zero-order valence-electron chi connectivity index (χ0n) is 31.5. The Labute approximate surface area is 322 Å². The number of hydrogen-bond donors (Lipinski definition) is 8. The van der Waals surface area contributed by atoms with Crippen molar-refractivity contribution in [2.45, 2.75) is 182 Å². The summed E-state index contributed by atoms with van der Waals surface area (Å²) in [7, 11) is 0. The molecule has 0 bridgehead atoms. The van der Waals surface area contributed by atoms with Crippen LogP contribution < -0.4 is 0 Å². The summed E-state index contributed by atoms with van der Waals surface area (Å²) in [5.41, 5.74) is -1.11. The van der Waals surface area contributed by atoms with E-state index in [-0.39, 0.29) is 20.5 Å². The minimum Gasteiger partial charge on any atom is -0.396 e. The van der Waals surface area contributed by atoms with Gasteiger partial charge in [-0.3, -0.25) is 19.2 Å². The molecule has 296 valence electrons. The quantitative estimate of drug-likeness (QED) is 0.0290. The van der Waals surface area contributed by atoms with Gasteiger partial charge in [0, 0.05) is 25.7 Å². The maximum atomic E-state index is 10.3. The number of aliphatic hydroxyl groups excluding tert-OH is 4. The Kier molecular flexibility index (Phi) is 59.5. The molecule has 8 nitrogen and oxygen atoms in total. The molecule has 0 aromatic rings. The molecule has 0 aliphatic heterocycles. The van der Waals surface area contributed by atoms with E-state index in [1.165, 1.54) is 103 Å². The van der Waals surface area contributed by atoms with Crippen LogP contribution in [0, 0.1) is 5.41 Å².